The van der Waals surface area contributed by atoms with Crippen LogP contribution in [0.5, 0.6) is 0 Å². The summed E-state index contributed by atoms with van der Waals surface area (Å²) in [4.78, 5) is 39.1. The van der Waals surface area contributed by atoms with Crippen LogP contribution in [0.1, 0.15) is 30.5 Å². The van der Waals surface area contributed by atoms with Gasteiger partial charge in [-0.15, -0.1) is 0 Å². The Hall–Kier alpha value is -3.35. The first-order valence-electron chi connectivity index (χ1n) is 10.0. The number of carbonyl (C=O) groups excluding carboxylic acids is 3. The molecule has 2 aromatic rings. The zero-order chi connectivity index (χ0) is 21.7. The maximum absolute atomic E-state index is 13.0. The monoisotopic (exact) mass is 409 g/mol. The van der Waals surface area contributed by atoms with Gasteiger partial charge in [-0.3, -0.25) is 14.5 Å². The molecule has 2 aromatic carbocycles. The van der Waals surface area contributed by atoms with Crippen molar-refractivity contribution in [2.24, 2.45) is 11.7 Å². The number of nitrogens with one attached hydrogen (secondary N) is 1. The molecular weight excluding hydrogens is 382 g/mol. The van der Waals surface area contributed by atoms with Crippen LogP contribution in [-0.4, -0.2) is 34.9 Å². The van der Waals surface area contributed by atoms with Crippen LogP contribution < -0.4 is 11.1 Å². The lowest BCUT2D eigenvalue weighted by Gasteiger charge is -2.36. The van der Waals surface area contributed by atoms with Crippen LogP contribution in [0.4, 0.5) is 4.79 Å². The third-order valence-corrected chi connectivity index (χ3v) is 5.26. The third kappa shape index (κ3) is 4.97. The standard InChI is InChI=1S/C23H27N3O4/c1-15(2)20(21(24)27)25-22(28)19-12-17-10-6-7-11-18(17)13-26(19)23(29)30-14-16-8-4-3-5-9-16/h3-11,15,19-20H,12-14H2,1-2H3,(H2,24,27)(H,25,28)/t19-,20+/m0/s1. The minimum atomic E-state index is -0.808. The maximum Gasteiger partial charge on any atom is 0.411 e. The van der Waals surface area contributed by atoms with Crippen molar-refractivity contribution in [3.8, 4) is 0 Å². The Morgan fingerprint density at radius 1 is 1.07 bits per heavy atom. The third-order valence-electron chi connectivity index (χ3n) is 5.26. The lowest BCUT2D eigenvalue weighted by molar-refractivity contribution is -0.131. The molecule has 0 bridgehead atoms. The fraction of sp³-hybridized carbons (Fsp3) is 0.348. The minimum absolute atomic E-state index is 0.113. The van der Waals surface area contributed by atoms with Gasteiger partial charge >= 0.3 is 6.09 Å². The SMILES string of the molecule is CC(C)[C@@H](NC(=O)[C@@H]1Cc2ccccc2CN1C(=O)OCc1ccccc1)C(N)=O. The molecule has 1 heterocycles. The van der Waals surface area contributed by atoms with Gasteiger partial charge in [-0.25, -0.2) is 4.79 Å². The summed E-state index contributed by atoms with van der Waals surface area (Å²) in [5.41, 5.74) is 8.26. The molecule has 0 unspecified atom stereocenters. The van der Waals surface area contributed by atoms with Gasteiger partial charge < -0.3 is 15.8 Å². The van der Waals surface area contributed by atoms with Crippen molar-refractivity contribution < 1.29 is 19.1 Å². The normalized spacial score (nSPS) is 16.5. The topological polar surface area (TPSA) is 102 Å². The summed E-state index contributed by atoms with van der Waals surface area (Å²) < 4.78 is 5.48. The first-order valence-corrected chi connectivity index (χ1v) is 10.0. The second-order valence-corrected chi connectivity index (χ2v) is 7.79. The number of primary amides is 1. The number of hydrogen-bond acceptors (Lipinski definition) is 4. The first-order chi connectivity index (χ1) is 14.4. The molecule has 0 fully saturated rings. The summed E-state index contributed by atoms with van der Waals surface area (Å²) in [6.45, 7) is 3.97. The molecule has 1 aliphatic heterocycles. The predicted molar refractivity (Wildman–Crippen MR) is 112 cm³/mol. The molecule has 0 radical (unpaired) electrons. The lowest BCUT2D eigenvalue weighted by Crippen LogP contribution is -2.57. The summed E-state index contributed by atoms with van der Waals surface area (Å²) in [7, 11) is 0. The van der Waals surface area contributed by atoms with E-state index in [0.29, 0.717) is 6.42 Å². The van der Waals surface area contributed by atoms with Crippen molar-refractivity contribution in [1.82, 2.24) is 10.2 Å². The van der Waals surface area contributed by atoms with E-state index in [2.05, 4.69) is 5.32 Å². The Kier molecular flexibility index (Phi) is 6.72. The highest BCUT2D eigenvalue weighted by molar-refractivity contribution is 5.91. The van der Waals surface area contributed by atoms with Gasteiger partial charge in [0.05, 0.1) is 6.54 Å². The Morgan fingerprint density at radius 2 is 1.70 bits per heavy atom. The van der Waals surface area contributed by atoms with Gasteiger partial charge in [0, 0.05) is 6.42 Å². The molecule has 0 saturated carbocycles. The number of carbonyl (C=O) groups is 3. The van der Waals surface area contributed by atoms with E-state index < -0.39 is 30.0 Å². The summed E-state index contributed by atoms with van der Waals surface area (Å²) >= 11 is 0. The molecule has 158 valence electrons. The van der Waals surface area contributed by atoms with E-state index in [1.54, 1.807) is 13.8 Å². The molecule has 3 N–H and O–H groups in total. The molecule has 7 heteroatoms. The molecular formula is C23H27N3O4. The number of rotatable bonds is 6. The summed E-state index contributed by atoms with van der Waals surface area (Å²) in [6.07, 6.45) is -0.236. The second kappa shape index (κ2) is 9.43. The van der Waals surface area contributed by atoms with Gasteiger partial charge in [0.15, 0.2) is 0 Å². The van der Waals surface area contributed by atoms with Crippen molar-refractivity contribution in [2.45, 2.75) is 45.5 Å². The number of fused-ring (bicyclic) bond motifs is 1. The summed E-state index contributed by atoms with van der Waals surface area (Å²) in [5.74, 6) is -1.19. The van der Waals surface area contributed by atoms with Crippen LogP contribution in [0, 0.1) is 5.92 Å². The average Bonchev–Trinajstić information content (AvgIpc) is 2.75. The maximum atomic E-state index is 13.0. The van der Waals surface area contributed by atoms with Crippen LogP contribution in [0.25, 0.3) is 0 Å². The van der Waals surface area contributed by atoms with Crippen molar-refractivity contribution in [2.75, 3.05) is 0 Å². The van der Waals surface area contributed by atoms with Crippen molar-refractivity contribution in [3.05, 3.63) is 71.3 Å². The fourth-order valence-corrected chi connectivity index (χ4v) is 3.57. The van der Waals surface area contributed by atoms with Crippen molar-refractivity contribution >= 4 is 17.9 Å². The molecule has 0 aromatic heterocycles. The molecule has 3 amide bonds. The molecule has 0 spiro atoms. The van der Waals surface area contributed by atoms with E-state index in [1.807, 2.05) is 54.6 Å². The quantitative estimate of drug-likeness (QED) is 0.765. The van der Waals surface area contributed by atoms with Gasteiger partial charge in [0.1, 0.15) is 18.7 Å². The number of benzene rings is 2. The van der Waals surface area contributed by atoms with Gasteiger partial charge in [-0.05, 0) is 22.6 Å². The number of amides is 3. The van der Waals surface area contributed by atoms with E-state index >= 15 is 0 Å². The van der Waals surface area contributed by atoms with E-state index in [0.717, 1.165) is 16.7 Å². The lowest BCUT2D eigenvalue weighted by atomic mass is 9.93. The van der Waals surface area contributed by atoms with Gasteiger partial charge in [-0.2, -0.15) is 0 Å². The molecule has 30 heavy (non-hydrogen) atoms. The zero-order valence-electron chi connectivity index (χ0n) is 17.2. The first kappa shape index (κ1) is 21.4. The Balaban J connectivity index is 1.79. The van der Waals surface area contributed by atoms with Crippen LogP contribution >= 0.6 is 0 Å². The molecule has 0 saturated heterocycles. The highest BCUT2D eigenvalue weighted by Crippen LogP contribution is 2.25. The van der Waals surface area contributed by atoms with E-state index in [9.17, 15) is 14.4 Å². The summed E-state index contributed by atoms with van der Waals surface area (Å²) in [6, 6.07) is 15.4. The van der Waals surface area contributed by atoms with E-state index in [4.69, 9.17) is 10.5 Å². The van der Waals surface area contributed by atoms with Crippen LogP contribution in [-0.2, 0) is 33.9 Å². The fourth-order valence-electron chi connectivity index (χ4n) is 3.57. The molecule has 1 aliphatic rings. The summed E-state index contributed by atoms with van der Waals surface area (Å²) in [5, 5.41) is 2.71. The zero-order valence-corrected chi connectivity index (χ0v) is 17.2. The van der Waals surface area contributed by atoms with Crippen LogP contribution in [0.3, 0.4) is 0 Å². The van der Waals surface area contributed by atoms with Crippen molar-refractivity contribution in [3.63, 3.8) is 0 Å². The molecule has 7 nitrogen and oxygen atoms in total. The Labute approximate surface area is 176 Å². The Morgan fingerprint density at radius 3 is 2.33 bits per heavy atom. The number of nitrogens with two attached hydrogens (primary N) is 1. The largest absolute Gasteiger partial charge is 0.445 e. The van der Waals surface area contributed by atoms with Crippen LogP contribution in [0.15, 0.2) is 54.6 Å². The minimum Gasteiger partial charge on any atom is -0.445 e. The smallest absolute Gasteiger partial charge is 0.411 e. The van der Waals surface area contributed by atoms with Crippen molar-refractivity contribution in [1.29, 1.82) is 0 Å². The average molecular weight is 409 g/mol. The number of ether oxygens (including phenoxy) is 1. The molecule has 3 rings (SSSR count). The van der Waals surface area contributed by atoms with E-state index in [1.165, 1.54) is 4.90 Å². The van der Waals surface area contributed by atoms with Crippen LogP contribution in [0.2, 0.25) is 0 Å². The number of nitrogens with zero attached hydrogens (tertiary/aromatic N) is 1. The van der Waals surface area contributed by atoms with Gasteiger partial charge in [-0.1, -0.05) is 68.4 Å². The highest BCUT2D eigenvalue weighted by Gasteiger charge is 2.37. The number of hydrogen-bond donors (Lipinski definition) is 2. The molecule has 2 atom stereocenters. The predicted octanol–water partition coefficient (Wildman–Crippen LogP) is 2.38. The molecule has 0 aliphatic carbocycles. The van der Waals surface area contributed by atoms with Gasteiger partial charge in [0.2, 0.25) is 11.8 Å². The Bertz CT molecular complexity index is 914. The highest BCUT2D eigenvalue weighted by atomic mass is 16.6. The van der Waals surface area contributed by atoms with Gasteiger partial charge in [0.25, 0.3) is 0 Å². The second-order valence-electron chi connectivity index (χ2n) is 7.79. The van der Waals surface area contributed by atoms with E-state index in [-0.39, 0.29) is 19.1 Å².